The highest BCUT2D eigenvalue weighted by Crippen LogP contribution is 2.30. The van der Waals surface area contributed by atoms with Crippen LogP contribution in [0.2, 0.25) is 5.02 Å². The maximum atomic E-state index is 12.2. The molecule has 0 aliphatic carbocycles. The first-order valence-electron chi connectivity index (χ1n) is 6.48. The molecular weight excluding hydrogens is 390 g/mol. The molecular formula is C14H10ClN3O3S3. The number of aromatic nitrogens is 1. The Hall–Kier alpha value is -1.78. The van der Waals surface area contributed by atoms with Crippen LogP contribution in [-0.4, -0.2) is 19.3 Å². The van der Waals surface area contributed by atoms with Gasteiger partial charge in [-0.3, -0.25) is 10.1 Å². The SMILES string of the molecule is NS(=O)(=O)c1cc(C(=O)Nc2nc(-c3ccccc3Cl)cs2)cs1. The monoisotopic (exact) mass is 399 g/mol. The second-order valence-electron chi connectivity index (χ2n) is 4.67. The third-order valence-corrected chi connectivity index (χ3v) is 6.47. The molecule has 2 aromatic heterocycles. The second kappa shape index (κ2) is 6.61. The highest BCUT2D eigenvalue weighted by atomic mass is 35.5. The van der Waals surface area contributed by atoms with Crippen LogP contribution in [0, 0.1) is 0 Å². The number of thiazole rings is 1. The molecule has 0 aliphatic heterocycles. The molecule has 0 aliphatic rings. The average molecular weight is 400 g/mol. The molecule has 2 heterocycles. The zero-order valence-corrected chi connectivity index (χ0v) is 15.1. The summed E-state index contributed by atoms with van der Waals surface area (Å²) < 4.78 is 22.4. The molecule has 3 rings (SSSR count). The van der Waals surface area contributed by atoms with E-state index in [-0.39, 0.29) is 9.77 Å². The Morgan fingerprint density at radius 1 is 1.21 bits per heavy atom. The number of benzene rings is 1. The fourth-order valence-corrected chi connectivity index (χ4v) is 4.40. The van der Waals surface area contributed by atoms with Gasteiger partial charge in [-0.1, -0.05) is 29.8 Å². The van der Waals surface area contributed by atoms with E-state index in [0.29, 0.717) is 15.8 Å². The Morgan fingerprint density at radius 3 is 2.62 bits per heavy atom. The lowest BCUT2D eigenvalue weighted by Crippen LogP contribution is -2.12. The largest absolute Gasteiger partial charge is 0.298 e. The Balaban J connectivity index is 1.79. The van der Waals surface area contributed by atoms with Crippen molar-refractivity contribution in [1.82, 2.24) is 4.98 Å². The number of amides is 1. The zero-order chi connectivity index (χ0) is 17.3. The Kier molecular flexibility index (Phi) is 4.70. The number of nitrogens with two attached hydrogens (primary N) is 1. The summed E-state index contributed by atoms with van der Waals surface area (Å²) in [7, 11) is -3.81. The number of anilines is 1. The Morgan fingerprint density at radius 2 is 1.96 bits per heavy atom. The minimum absolute atomic E-state index is 0.0662. The maximum absolute atomic E-state index is 12.2. The number of carbonyl (C=O) groups excluding carboxylic acids is 1. The molecule has 24 heavy (non-hydrogen) atoms. The summed E-state index contributed by atoms with van der Waals surface area (Å²) in [6, 6.07) is 8.49. The standard InChI is InChI=1S/C14H10ClN3O3S3/c15-10-4-2-1-3-9(10)11-7-23-14(17-11)18-13(19)8-5-12(22-6-8)24(16,20)21/h1-7H,(H2,16,20,21)(H,17,18,19). The summed E-state index contributed by atoms with van der Waals surface area (Å²) in [5.74, 6) is -0.457. The summed E-state index contributed by atoms with van der Waals surface area (Å²) in [5, 5.41) is 11.8. The van der Waals surface area contributed by atoms with Crippen molar-refractivity contribution in [3.8, 4) is 11.3 Å². The Bertz CT molecular complexity index is 1010. The molecule has 6 nitrogen and oxygen atoms in total. The molecule has 1 aromatic carbocycles. The minimum Gasteiger partial charge on any atom is -0.298 e. The van der Waals surface area contributed by atoms with Crippen molar-refractivity contribution >= 4 is 55.3 Å². The van der Waals surface area contributed by atoms with E-state index in [9.17, 15) is 13.2 Å². The highest BCUT2D eigenvalue weighted by molar-refractivity contribution is 7.91. The van der Waals surface area contributed by atoms with E-state index in [1.54, 1.807) is 11.4 Å². The number of thiophene rings is 1. The Labute approximate surface area is 151 Å². The van der Waals surface area contributed by atoms with E-state index >= 15 is 0 Å². The fraction of sp³-hybridized carbons (Fsp3) is 0. The van der Waals surface area contributed by atoms with Gasteiger partial charge in [0.1, 0.15) is 4.21 Å². The van der Waals surface area contributed by atoms with Gasteiger partial charge in [0, 0.05) is 21.3 Å². The lowest BCUT2D eigenvalue weighted by molar-refractivity contribution is 0.102. The molecule has 0 radical (unpaired) electrons. The number of halogens is 1. The van der Waals surface area contributed by atoms with Crippen LogP contribution in [0.25, 0.3) is 11.3 Å². The molecule has 0 spiro atoms. The number of hydrogen-bond acceptors (Lipinski definition) is 6. The van der Waals surface area contributed by atoms with E-state index in [1.165, 1.54) is 22.8 Å². The van der Waals surface area contributed by atoms with Gasteiger partial charge < -0.3 is 0 Å². The summed E-state index contributed by atoms with van der Waals surface area (Å²) in [6.07, 6.45) is 0. The van der Waals surface area contributed by atoms with E-state index in [2.05, 4.69) is 10.3 Å². The van der Waals surface area contributed by atoms with E-state index in [4.69, 9.17) is 16.7 Å². The van der Waals surface area contributed by atoms with E-state index < -0.39 is 15.9 Å². The van der Waals surface area contributed by atoms with Gasteiger partial charge in [-0.25, -0.2) is 18.5 Å². The van der Waals surface area contributed by atoms with Gasteiger partial charge in [-0.2, -0.15) is 0 Å². The number of nitrogens with one attached hydrogen (secondary N) is 1. The summed E-state index contributed by atoms with van der Waals surface area (Å²) in [5.41, 5.74) is 1.62. The van der Waals surface area contributed by atoms with Gasteiger partial charge in [-0.15, -0.1) is 22.7 Å². The molecule has 0 fully saturated rings. The summed E-state index contributed by atoms with van der Waals surface area (Å²) in [6.45, 7) is 0. The van der Waals surface area contributed by atoms with Crippen LogP contribution in [0.4, 0.5) is 5.13 Å². The van der Waals surface area contributed by atoms with Crippen LogP contribution in [0.1, 0.15) is 10.4 Å². The fourth-order valence-electron chi connectivity index (χ4n) is 1.88. The number of rotatable bonds is 4. The number of primary sulfonamides is 1. The topological polar surface area (TPSA) is 102 Å². The smallest absolute Gasteiger partial charge is 0.258 e. The van der Waals surface area contributed by atoms with Gasteiger partial charge >= 0.3 is 0 Å². The highest BCUT2D eigenvalue weighted by Gasteiger charge is 2.16. The third-order valence-electron chi connectivity index (χ3n) is 2.99. The quantitative estimate of drug-likeness (QED) is 0.701. The lowest BCUT2D eigenvalue weighted by Gasteiger charge is -2.00. The van der Waals surface area contributed by atoms with Crippen molar-refractivity contribution in [2.45, 2.75) is 4.21 Å². The van der Waals surface area contributed by atoms with Gasteiger partial charge in [-0.05, 0) is 12.1 Å². The summed E-state index contributed by atoms with van der Waals surface area (Å²) in [4.78, 5) is 16.5. The molecule has 1 amide bonds. The molecule has 0 bridgehead atoms. The summed E-state index contributed by atoms with van der Waals surface area (Å²) >= 11 is 8.26. The molecule has 3 N–H and O–H groups in total. The molecule has 3 aromatic rings. The third kappa shape index (κ3) is 3.65. The van der Waals surface area contributed by atoms with Gasteiger partial charge in [0.05, 0.1) is 11.3 Å². The average Bonchev–Trinajstić information content (AvgIpc) is 3.16. The van der Waals surface area contributed by atoms with Crippen LogP contribution in [0.5, 0.6) is 0 Å². The van der Waals surface area contributed by atoms with Crippen LogP contribution < -0.4 is 10.5 Å². The first-order chi connectivity index (χ1) is 11.3. The number of hydrogen-bond donors (Lipinski definition) is 2. The lowest BCUT2D eigenvalue weighted by atomic mass is 10.2. The van der Waals surface area contributed by atoms with Crippen LogP contribution in [0.3, 0.4) is 0 Å². The molecule has 0 unspecified atom stereocenters. The number of nitrogens with zero attached hydrogens (tertiary/aromatic N) is 1. The van der Waals surface area contributed by atoms with Crippen molar-refractivity contribution in [2.24, 2.45) is 5.14 Å². The molecule has 10 heteroatoms. The number of carbonyl (C=O) groups is 1. The van der Waals surface area contributed by atoms with Crippen LogP contribution in [0.15, 0.2) is 45.3 Å². The zero-order valence-electron chi connectivity index (χ0n) is 11.9. The van der Waals surface area contributed by atoms with Crippen LogP contribution in [-0.2, 0) is 10.0 Å². The van der Waals surface area contributed by atoms with Crippen molar-refractivity contribution in [2.75, 3.05) is 5.32 Å². The van der Waals surface area contributed by atoms with Crippen molar-refractivity contribution in [3.05, 3.63) is 51.7 Å². The van der Waals surface area contributed by atoms with E-state index in [1.807, 2.05) is 18.2 Å². The number of sulfonamides is 1. The molecule has 0 atom stereocenters. The van der Waals surface area contributed by atoms with Crippen molar-refractivity contribution in [3.63, 3.8) is 0 Å². The van der Waals surface area contributed by atoms with Crippen molar-refractivity contribution in [1.29, 1.82) is 0 Å². The predicted octanol–water partition coefficient (Wildman–Crippen LogP) is 3.42. The van der Waals surface area contributed by atoms with E-state index in [0.717, 1.165) is 16.9 Å². The predicted molar refractivity (Wildman–Crippen MR) is 96.2 cm³/mol. The normalized spacial score (nSPS) is 11.4. The molecule has 0 saturated heterocycles. The van der Waals surface area contributed by atoms with Crippen molar-refractivity contribution < 1.29 is 13.2 Å². The minimum atomic E-state index is -3.81. The molecule has 124 valence electrons. The molecule has 0 saturated carbocycles. The maximum Gasteiger partial charge on any atom is 0.258 e. The first kappa shape index (κ1) is 17.1. The van der Waals surface area contributed by atoms with Gasteiger partial charge in [0.25, 0.3) is 5.91 Å². The van der Waals surface area contributed by atoms with Crippen LogP contribution >= 0.6 is 34.3 Å². The van der Waals surface area contributed by atoms with Gasteiger partial charge in [0.15, 0.2) is 5.13 Å². The van der Waals surface area contributed by atoms with Gasteiger partial charge in [0.2, 0.25) is 10.0 Å². The second-order valence-corrected chi connectivity index (χ2v) is 8.64. The first-order valence-corrected chi connectivity index (χ1v) is 10.2.